The van der Waals surface area contributed by atoms with Crippen LogP contribution in [0.2, 0.25) is 18.1 Å². The van der Waals surface area contributed by atoms with Crippen LogP contribution in [0.3, 0.4) is 0 Å². The van der Waals surface area contributed by atoms with E-state index in [-0.39, 0.29) is 10.5 Å². The van der Waals surface area contributed by atoms with Crippen molar-refractivity contribution in [2.75, 3.05) is 0 Å². The molecule has 34 heavy (non-hydrogen) atoms. The number of halogens is 2. The van der Waals surface area contributed by atoms with Crippen molar-refractivity contribution in [2.24, 2.45) is 0 Å². The van der Waals surface area contributed by atoms with Gasteiger partial charge >= 0.3 is 0 Å². The first-order chi connectivity index (χ1) is 15.7. The topological polar surface area (TPSA) is 9.23 Å². The smallest absolute Gasteiger partial charge is 0.250 e. The van der Waals surface area contributed by atoms with Gasteiger partial charge in [0.15, 0.2) is 0 Å². The van der Waals surface area contributed by atoms with E-state index in [1.165, 1.54) is 77.2 Å². The Morgan fingerprint density at radius 1 is 0.706 bits per heavy atom. The number of benzene rings is 2. The minimum Gasteiger partial charge on any atom is -0.542 e. The maximum absolute atomic E-state index is 7.22. The Kier molecular flexibility index (Phi) is 7.30. The van der Waals surface area contributed by atoms with Gasteiger partial charge in [0.25, 0.3) is 8.32 Å². The molecule has 0 fully saturated rings. The van der Waals surface area contributed by atoms with E-state index in [2.05, 4.69) is 98.6 Å². The summed E-state index contributed by atoms with van der Waals surface area (Å²) in [6, 6.07) is 4.80. The Labute approximate surface area is 225 Å². The second-order valence-electron chi connectivity index (χ2n) is 13.0. The van der Waals surface area contributed by atoms with Crippen molar-refractivity contribution in [3.05, 3.63) is 48.9 Å². The van der Waals surface area contributed by atoms with Gasteiger partial charge in [0.2, 0.25) is 0 Å². The molecule has 0 bridgehead atoms. The highest BCUT2D eigenvalue weighted by atomic mass is 79.9. The summed E-state index contributed by atoms with van der Waals surface area (Å²) in [6.45, 7) is 18.9. The van der Waals surface area contributed by atoms with Crippen LogP contribution in [-0.4, -0.2) is 8.32 Å². The van der Waals surface area contributed by atoms with Crippen molar-refractivity contribution in [1.29, 1.82) is 0 Å². The molecule has 0 heterocycles. The lowest BCUT2D eigenvalue weighted by Crippen LogP contribution is -2.44. The van der Waals surface area contributed by atoms with Gasteiger partial charge in [-0.3, -0.25) is 0 Å². The molecule has 4 rings (SSSR count). The SMILES string of the molecule is CC(C)(C)c1c(Br)cc2c(c1-c1c3c(cc(Br)c1O[Si](C)(C)C(C)(C)C)CCCC3)CCCC2. The largest absolute Gasteiger partial charge is 0.542 e. The van der Waals surface area contributed by atoms with Gasteiger partial charge in [-0.05, 0) is 136 Å². The fourth-order valence-electron chi connectivity index (χ4n) is 5.50. The second kappa shape index (κ2) is 9.38. The zero-order valence-electron chi connectivity index (χ0n) is 22.5. The maximum Gasteiger partial charge on any atom is 0.250 e. The molecule has 2 aliphatic carbocycles. The van der Waals surface area contributed by atoms with E-state index in [0.717, 1.165) is 16.6 Å². The van der Waals surface area contributed by atoms with Gasteiger partial charge < -0.3 is 4.43 Å². The van der Waals surface area contributed by atoms with Crippen molar-refractivity contribution in [2.45, 2.75) is 116 Å². The summed E-state index contributed by atoms with van der Waals surface area (Å²) in [4.78, 5) is 0. The second-order valence-corrected chi connectivity index (χ2v) is 19.4. The highest BCUT2D eigenvalue weighted by Gasteiger charge is 2.41. The Morgan fingerprint density at radius 3 is 1.68 bits per heavy atom. The lowest BCUT2D eigenvalue weighted by molar-refractivity contribution is 0.489. The molecule has 0 atom stereocenters. The number of aryl methyl sites for hydroxylation is 2. The summed E-state index contributed by atoms with van der Waals surface area (Å²) in [5.74, 6) is 1.10. The van der Waals surface area contributed by atoms with Gasteiger partial charge in [-0.25, -0.2) is 0 Å². The van der Waals surface area contributed by atoms with Gasteiger partial charge in [-0.2, -0.15) is 0 Å². The lowest BCUT2D eigenvalue weighted by Gasteiger charge is -2.39. The molecule has 0 saturated carbocycles. The van der Waals surface area contributed by atoms with E-state index in [0.29, 0.717) is 0 Å². The van der Waals surface area contributed by atoms with E-state index in [4.69, 9.17) is 4.43 Å². The van der Waals surface area contributed by atoms with Gasteiger partial charge in [-0.15, -0.1) is 0 Å². The Bertz CT molecular complexity index is 1100. The third-order valence-corrected chi connectivity index (χ3v) is 13.9. The summed E-state index contributed by atoms with van der Waals surface area (Å²) in [5.41, 5.74) is 10.5. The predicted molar refractivity (Wildman–Crippen MR) is 157 cm³/mol. The summed E-state index contributed by atoms with van der Waals surface area (Å²) >= 11 is 8.07. The minimum absolute atomic E-state index is 0.0265. The number of hydrogen-bond acceptors (Lipinski definition) is 1. The van der Waals surface area contributed by atoms with Crippen LogP contribution in [-0.2, 0) is 31.1 Å². The Balaban J connectivity index is 2.13. The molecule has 0 radical (unpaired) electrons. The first-order valence-electron chi connectivity index (χ1n) is 13.1. The van der Waals surface area contributed by atoms with Gasteiger partial charge in [0, 0.05) is 10.0 Å². The molecule has 0 aromatic heterocycles. The molecule has 2 aromatic rings. The van der Waals surface area contributed by atoms with Crippen LogP contribution in [0.4, 0.5) is 0 Å². The van der Waals surface area contributed by atoms with E-state index in [1.54, 1.807) is 11.1 Å². The molecule has 2 aromatic carbocycles. The van der Waals surface area contributed by atoms with Crippen molar-refractivity contribution in [3.8, 4) is 16.9 Å². The summed E-state index contributed by atoms with van der Waals surface area (Å²) in [5, 5.41) is 0.142. The quantitative estimate of drug-likeness (QED) is 0.316. The fraction of sp³-hybridized carbons (Fsp3) is 0.600. The van der Waals surface area contributed by atoms with Crippen LogP contribution < -0.4 is 4.43 Å². The van der Waals surface area contributed by atoms with Crippen LogP contribution in [0.1, 0.15) is 95.0 Å². The zero-order chi connectivity index (χ0) is 25.1. The summed E-state index contributed by atoms with van der Waals surface area (Å²) in [7, 11) is -2.04. The zero-order valence-corrected chi connectivity index (χ0v) is 26.6. The van der Waals surface area contributed by atoms with Crippen molar-refractivity contribution in [3.63, 3.8) is 0 Å². The van der Waals surface area contributed by atoms with Gasteiger partial charge in [0.1, 0.15) is 5.75 Å². The minimum atomic E-state index is -2.04. The lowest BCUT2D eigenvalue weighted by atomic mass is 9.73. The Hall–Kier alpha value is -0.583. The van der Waals surface area contributed by atoms with Crippen molar-refractivity contribution >= 4 is 40.2 Å². The Morgan fingerprint density at radius 2 is 1.18 bits per heavy atom. The molecule has 0 saturated heterocycles. The predicted octanol–water partition coefficient (Wildman–Crippen LogP) is 10.3. The van der Waals surface area contributed by atoms with Crippen LogP contribution in [0, 0.1) is 0 Å². The standard InChI is InChI=1S/C30H42Br2OSi/c1-29(2,3)27-23(31)17-19-13-9-11-15-21(19)25(27)26-22-16-12-10-14-20(22)18-24(32)28(26)33-34(7,8)30(4,5)6/h17-18H,9-16H2,1-8H3. The van der Waals surface area contributed by atoms with Gasteiger partial charge in [0.05, 0.1) is 4.47 Å². The summed E-state index contributed by atoms with van der Waals surface area (Å²) in [6.07, 6.45) is 9.78. The summed E-state index contributed by atoms with van der Waals surface area (Å²) < 4.78 is 9.62. The first-order valence-corrected chi connectivity index (χ1v) is 17.6. The van der Waals surface area contributed by atoms with E-state index < -0.39 is 8.32 Å². The fourth-order valence-corrected chi connectivity index (χ4v) is 8.30. The van der Waals surface area contributed by atoms with E-state index in [9.17, 15) is 0 Å². The van der Waals surface area contributed by atoms with Crippen molar-refractivity contribution < 1.29 is 4.43 Å². The molecule has 186 valence electrons. The average molecular weight is 607 g/mol. The van der Waals surface area contributed by atoms with Crippen LogP contribution >= 0.6 is 31.9 Å². The van der Waals surface area contributed by atoms with Crippen LogP contribution in [0.25, 0.3) is 11.1 Å². The first kappa shape index (κ1) is 26.5. The molecule has 2 aliphatic rings. The van der Waals surface area contributed by atoms with Crippen molar-refractivity contribution in [1.82, 2.24) is 0 Å². The number of rotatable bonds is 3. The molecule has 1 nitrogen and oxygen atoms in total. The molecular weight excluding hydrogens is 564 g/mol. The molecule has 0 amide bonds. The average Bonchev–Trinajstić information content (AvgIpc) is 2.71. The molecule has 0 N–H and O–H groups in total. The molecule has 0 spiro atoms. The number of hydrogen-bond donors (Lipinski definition) is 0. The monoisotopic (exact) mass is 604 g/mol. The highest BCUT2D eigenvalue weighted by Crippen LogP contribution is 2.52. The third kappa shape index (κ3) is 4.85. The molecule has 0 aliphatic heterocycles. The number of fused-ring (bicyclic) bond motifs is 2. The van der Waals surface area contributed by atoms with Gasteiger partial charge in [-0.1, -0.05) is 57.5 Å². The highest BCUT2D eigenvalue weighted by molar-refractivity contribution is 9.10. The molecule has 4 heteroatoms. The van der Waals surface area contributed by atoms with Crippen LogP contribution in [0.5, 0.6) is 5.75 Å². The van der Waals surface area contributed by atoms with E-state index >= 15 is 0 Å². The molecule has 0 unspecified atom stereocenters. The third-order valence-electron chi connectivity index (χ3n) is 8.32. The van der Waals surface area contributed by atoms with Crippen LogP contribution in [0.15, 0.2) is 21.1 Å². The van der Waals surface area contributed by atoms with E-state index in [1.807, 2.05) is 0 Å². The maximum atomic E-state index is 7.22. The molecular formula is C30H42Br2OSi. The normalized spacial score (nSPS) is 16.8.